The fraction of sp³-hybridized carbons (Fsp3) is 0.690. The number of pyridine rings is 1. The van der Waals surface area contributed by atoms with E-state index < -0.39 is 0 Å². The van der Waals surface area contributed by atoms with E-state index in [-0.39, 0.29) is 11.8 Å². The van der Waals surface area contributed by atoms with Crippen LogP contribution in [0.15, 0.2) is 24.4 Å². The average Bonchev–Trinajstić information content (AvgIpc) is 3.29. The van der Waals surface area contributed by atoms with Gasteiger partial charge in [0.1, 0.15) is 17.0 Å². The van der Waals surface area contributed by atoms with Crippen LogP contribution in [0.2, 0.25) is 0 Å². The summed E-state index contributed by atoms with van der Waals surface area (Å²) in [5.74, 6) is 3.11. The van der Waals surface area contributed by atoms with Crippen LogP contribution in [0.1, 0.15) is 78.8 Å². The standard InChI is InChI=1S/C29H41N5O2/c1-32-9-4-5-20(17-32)8-10-33(2)28(36)24-18-34-25(6-3-7-26(34)31-24)27(35)30-19-29-14-21-11-22(15-29)13-23(12-21)16-29/h3,6-7,18,20-23H,4-5,8-17,19H2,1-2H3,(H,30,35). The first-order chi connectivity index (χ1) is 17.4. The molecule has 5 fully saturated rings. The van der Waals surface area contributed by atoms with Gasteiger partial charge >= 0.3 is 0 Å². The average molecular weight is 492 g/mol. The molecule has 1 atom stereocenters. The molecule has 7 nitrogen and oxygen atoms in total. The molecule has 1 N–H and O–H groups in total. The van der Waals surface area contributed by atoms with Crippen LogP contribution in [-0.2, 0) is 0 Å². The number of fused-ring (bicyclic) bond motifs is 1. The molecule has 194 valence electrons. The second kappa shape index (κ2) is 9.47. The lowest BCUT2D eigenvalue weighted by Gasteiger charge is -2.56. The third kappa shape index (κ3) is 4.67. The Hall–Kier alpha value is -2.41. The van der Waals surface area contributed by atoms with Crippen molar-refractivity contribution in [2.75, 3.05) is 40.3 Å². The molecule has 7 heteroatoms. The predicted octanol–water partition coefficient (Wildman–Crippen LogP) is 4.08. The van der Waals surface area contributed by atoms with Crippen LogP contribution in [-0.4, -0.2) is 71.3 Å². The van der Waals surface area contributed by atoms with E-state index in [0.717, 1.165) is 43.8 Å². The summed E-state index contributed by atoms with van der Waals surface area (Å²) in [4.78, 5) is 35.2. The summed E-state index contributed by atoms with van der Waals surface area (Å²) in [5, 5.41) is 3.28. The molecular formula is C29H41N5O2. The number of hydrogen-bond donors (Lipinski definition) is 1. The van der Waals surface area contributed by atoms with Gasteiger partial charge in [0.15, 0.2) is 0 Å². The van der Waals surface area contributed by atoms with Crippen molar-refractivity contribution in [1.82, 2.24) is 24.5 Å². The van der Waals surface area contributed by atoms with Crippen LogP contribution in [0.25, 0.3) is 5.65 Å². The number of amides is 2. The molecule has 7 rings (SSSR count). The number of hydrogen-bond acceptors (Lipinski definition) is 4. The van der Waals surface area contributed by atoms with E-state index in [1.54, 1.807) is 15.5 Å². The van der Waals surface area contributed by atoms with E-state index >= 15 is 0 Å². The van der Waals surface area contributed by atoms with Crippen molar-refractivity contribution in [2.24, 2.45) is 29.1 Å². The second-order valence-corrected chi connectivity index (χ2v) is 12.7. The fourth-order valence-electron chi connectivity index (χ4n) is 8.35. The van der Waals surface area contributed by atoms with Crippen LogP contribution in [0.4, 0.5) is 0 Å². The van der Waals surface area contributed by atoms with Crippen LogP contribution in [0.3, 0.4) is 0 Å². The Morgan fingerprint density at radius 2 is 1.86 bits per heavy atom. The molecule has 0 spiro atoms. The summed E-state index contributed by atoms with van der Waals surface area (Å²) in [7, 11) is 4.03. The predicted molar refractivity (Wildman–Crippen MR) is 140 cm³/mol. The molecule has 4 bridgehead atoms. The Balaban J connectivity index is 1.11. The molecule has 2 aromatic rings. The van der Waals surface area contributed by atoms with Gasteiger partial charge in [0, 0.05) is 32.9 Å². The van der Waals surface area contributed by atoms with E-state index in [1.807, 2.05) is 25.2 Å². The Bertz CT molecular complexity index is 1100. The smallest absolute Gasteiger partial charge is 0.273 e. The highest BCUT2D eigenvalue weighted by molar-refractivity contribution is 5.95. The van der Waals surface area contributed by atoms with Crippen LogP contribution in [0, 0.1) is 29.1 Å². The Kier molecular flexibility index (Phi) is 6.30. The molecule has 4 saturated carbocycles. The van der Waals surface area contributed by atoms with E-state index in [9.17, 15) is 9.59 Å². The summed E-state index contributed by atoms with van der Waals surface area (Å²) in [5.41, 5.74) is 1.89. The number of carbonyl (C=O) groups is 2. The van der Waals surface area contributed by atoms with Gasteiger partial charge in [-0.05, 0) is 113 Å². The lowest BCUT2D eigenvalue weighted by molar-refractivity contribution is -0.0503. The number of imidazole rings is 1. The van der Waals surface area contributed by atoms with Gasteiger partial charge in [-0.3, -0.25) is 14.0 Å². The zero-order valence-electron chi connectivity index (χ0n) is 21.9. The highest BCUT2D eigenvalue weighted by atomic mass is 16.2. The monoisotopic (exact) mass is 491 g/mol. The number of carbonyl (C=O) groups excluding carboxylic acids is 2. The molecule has 36 heavy (non-hydrogen) atoms. The van der Waals surface area contributed by atoms with Gasteiger partial charge in [-0.2, -0.15) is 0 Å². The molecule has 4 aliphatic carbocycles. The van der Waals surface area contributed by atoms with Crippen molar-refractivity contribution in [3.63, 3.8) is 0 Å². The van der Waals surface area contributed by atoms with Gasteiger partial charge in [-0.25, -0.2) is 4.98 Å². The Morgan fingerprint density at radius 3 is 2.56 bits per heavy atom. The molecule has 2 aromatic heterocycles. The van der Waals surface area contributed by atoms with Crippen molar-refractivity contribution in [2.45, 2.75) is 57.8 Å². The SMILES string of the molecule is CN1CCCC(CCN(C)C(=O)c2cn3c(C(=O)NCC45CC6CC(CC(C6)C4)C5)cccc3n2)C1. The summed E-state index contributed by atoms with van der Waals surface area (Å²) in [6.07, 6.45) is 13.3. The molecule has 0 radical (unpaired) electrons. The molecule has 1 unspecified atom stereocenters. The number of aromatic nitrogens is 2. The maximum Gasteiger partial charge on any atom is 0.273 e. The van der Waals surface area contributed by atoms with Crippen LogP contribution in [0.5, 0.6) is 0 Å². The van der Waals surface area contributed by atoms with Crippen molar-refractivity contribution in [3.8, 4) is 0 Å². The maximum atomic E-state index is 13.3. The van der Waals surface area contributed by atoms with Crippen LogP contribution < -0.4 is 5.32 Å². The summed E-state index contributed by atoms with van der Waals surface area (Å²) >= 11 is 0. The van der Waals surface area contributed by atoms with Gasteiger partial charge in [-0.1, -0.05) is 6.07 Å². The number of rotatable bonds is 7. The lowest BCUT2D eigenvalue weighted by atomic mass is 9.49. The van der Waals surface area contributed by atoms with Crippen molar-refractivity contribution in [1.29, 1.82) is 0 Å². The summed E-state index contributed by atoms with van der Waals surface area (Å²) in [6, 6.07) is 5.56. The molecule has 1 saturated heterocycles. The van der Waals surface area contributed by atoms with Gasteiger partial charge in [0.2, 0.25) is 0 Å². The highest BCUT2D eigenvalue weighted by Gasteiger charge is 2.50. The topological polar surface area (TPSA) is 70.0 Å². The third-order valence-electron chi connectivity index (χ3n) is 9.67. The number of piperidine rings is 1. The fourth-order valence-corrected chi connectivity index (χ4v) is 8.35. The van der Waals surface area contributed by atoms with Gasteiger partial charge in [-0.15, -0.1) is 0 Å². The van der Waals surface area contributed by atoms with E-state index in [0.29, 0.717) is 28.4 Å². The largest absolute Gasteiger partial charge is 0.350 e. The van der Waals surface area contributed by atoms with Gasteiger partial charge < -0.3 is 15.1 Å². The second-order valence-electron chi connectivity index (χ2n) is 12.7. The molecule has 2 amide bonds. The molecule has 5 aliphatic rings. The Labute approximate surface area is 214 Å². The molecule has 1 aliphatic heterocycles. The molecule has 3 heterocycles. The van der Waals surface area contributed by atoms with Crippen LogP contribution >= 0.6 is 0 Å². The van der Waals surface area contributed by atoms with Gasteiger partial charge in [0.25, 0.3) is 11.8 Å². The van der Waals surface area contributed by atoms with Crippen molar-refractivity contribution >= 4 is 17.5 Å². The number of likely N-dealkylation sites (tertiary alicyclic amines) is 1. The summed E-state index contributed by atoms with van der Waals surface area (Å²) < 4.78 is 1.78. The van der Waals surface area contributed by atoms with Gasteiger partial charge in [0.05, 0.1) is 0 Å². The maximum absolute atomic E-state index is 13.3. The first kappa shape index (κ1) is 24.0. The third-order valence-corrected chi connectivity index (χ3v) is 9.67. The minimum Gasteiger partial charge on any atom is -0.350 e. The minimum atomic E-state index is -0.0808. The first-order valence-corrected chi connectivity index (χ1v) is 14.1. The van der Waals surface area contributed by atoms with Crippen molar-refractivity contribution < 1.29 is 9.59 Å². The Morgan fingerprint density at radius 1 is 1.14 bits per heavy atom. The summed E-state index contributed by atoms with van der Waals surface area (Å²) in [6.45, 7) is 3.78. The zero-order chi connectivity index (χ0) is 24.9. The van der Waals surface area contributed by atoms with E-state index in [1.165, 1.54) is 57.9 Å². The zero-order valence-corrected chi connectivity index (χ0v) is 21.9. The molecular weight excluding hydrogens is 450 g/mol. The van der Waals surface area contributed by atoms with E-state index in [2.05, 4.69) is 22.2 Å². The molecule has 0 aromatic carbocycles. The highest BCUT2D eigenvalue weighted by Crippen LogP contribution is 2.59. The van der Waals surface area contributed by atoms with Crippen molar-refractivity contribution in [3.05, 3.63) is 35.8 Å². The van der Waals surface area contributed by atoms with E-state index in [4.69, 9.17) is 0 Å². The lowest BCUT2D eigenvalue weighted by Crippen LogP contribution is -2.51. The first-order valence-electron chi connectivity index (χ1n) is 14.1. The number of nitrogens with zero attached hydrogens (tertiary/aromatic N) is 4. The number of nitrogens with one attached hydrogen (secondary N) is 1. The quantitative estimate of drug-likeness (QED) is 0.634. The minimum absolute atomic E-state index is 0.0671. The normalized spacial score (nSPS) is 31.6.